The van der Waals surface area contributed by atoms with Gasteiger partial charge in [-0.25, -0.2) is 8.42 Å². The predicted molar refractivity (Wildman–Crippen MR) is 120 cm³/mol. The highest BCUT2D eigenvalue weighted by molar-refractivity contribution is 7.89. The molecule has 4 rings (SSSR count). The van der Waals surface area contributed by atoms with Gasteiger partial charge in [0.2, 0.25) is 10.0 Å². The van der Waals surface area contributed by atoms with Gasteiger partial charge in [0.25, 0.3) is 5.91 Å². The number of hydrogen-bond acceptors (Lipinski definition) is 4. The molecule has 2 aromatic carbocycles. The molecule has 166 valence electrons. The van der Waals surface area contributed by atoms with E-state index in [0.29, 0.717) is 49.7 Å². The van der Waals surface area contributed by atoms with Crippen LogP contribution < -0.4 is 4.74 Å². The van der Waals surface area contributed by atoms with Crippen LogP contribution in [0.5, 0.6) is 5.75 Å². The van der Waals surface area contributed by atoms with Crippen LogP contribution in [0.2, 0.25) is 0 Å². The number of ether oxygens (including phenoxy) is 1. The molecule has 0 saturated carbocycles. The number of carbonyl (C=O) groups is 1. The summed E-state index contributed by atoms with van der Waals surface area (Å²) in [4.78, 5) is 15.1. The largest absolute Gasteiger partial charge is 0.487 e. The number of sulfonamides is 1. The third kappa shape index (κ3) is 4.48. The van der Waals surface area contributed by atoms with E-state index in [4.69, 9.17) is 4.74 Å². The summed E-state index contributed by atoms with van der Waals surface area (Å²) in [5.74, 6) is 0.774. The van der Waals surface area contributed by atoms with Crippen molar-refractivity contribution in [1.82, 2.24) is 9.21 Å². The van der Waals surface area contributed by atoms with Gasteiger partial charge in [-0.15, -0.1) is 0 Å². The number of hydrogen-bond donors (Lipinski definition) is 0. The van der Waals surface area contributed by atoms with Crippen molar-refractivity contribution in [2.75, 3.05) is 19.6 Å². The lowest BCUT2D eigenvalue weighted by Gasteiger charge is -2.32. The molecule has 6 nitrogen and oxygen atoms in total. The van der Waals surface area contributed by atoms with Gasteiger partial charge in [-0.1, -0.05) is 44.2 Å². The highest BCUT2D eigenvalue weighted by Crippen LogP contribution is 2.36. The number of para-hydroxylation sites is 1. The standard InChI is InChI=1S/C24H30N2O4S/c1-18(2)12-17-26-20-13-15-25(24(27)19-8-4-3-5-9-19)16-14-21(20)30-22-10-6-7-11-23(22)31(26,28)29/h3-11,18,20-21H,12-17H2,1-2H3/t20-,21-/m0/s1. The lowest BCUT2D eigenvalue weighted by Crippen LogP contribution is -2.47. The lowest BCUT2D eigenvalue weighted by molar-refractivity contribution is 0.0755. The Balaban J connectivity index is 1.65. The molecule has 2 heterocycles. The molecule has 0 aromatic heterocycles. The predicted octanol–water partition coefficient (Wildman–Crippen LogP) is 3.79. The third-order valence-corrected chi connectivity index (χ3v) is 8.09. The number of likely N-dealkylation sites (tertiary alicyclic amines) is 1. The molecule has 0 bridgehead atoms. The Bertz CT molecular complexity index is 1020. The summed E-state index contributed by atoms with van der Waals surface area (Å²) < 4.78 is 35.1. The van der Waals surface area contributed by atoms with Crippen LogP contribution in [0.4, 0.5) is 0 Å². The fraction of sp³-hybridized carbons (Fsp3) is 0.458. The summed E-state index contributed by atoms with van der Waals surface area (Å²) in [5.41, 5.74) is 0.653. The van der Waals surface area contributed by atoms with Crippen LogP contribution in [0.25, 0.3) is 0 Å². The average molecular weight is 443 g/mol. The second kappa shape index (κ2) is 9.01. The number of nitrogens with zero attached hydrogens (tertiary/aromatic N) is 2. The number of benzene rings is 2. The minimum atomic E-state index is -3.69. The first-order valence-corrected chi connectivity index (χ1v) is 12.4. The molecule has 0 radical (unpaired) electrons. The van der Waals surface area contributed by atoms with E-state index in [0.717, 1.165) is 6.42 Å². The number of fused-ring (bicyclic) bond motifs is 2. The summed E-state index contributed by atoms with van der Waals surface area (Å²) in [5, 5.41) is 0. The van der Waals surface area contributed by atoms with Gasteiger partial charge in [-0.05, 0) is 43.0 Å². The molecule has 2 aliphatic rings. The molecule has 0 spiro atoms. The first-order valence-electron chi connectivity index (χ1n) is 11.0. The summed E-state index contributed by atoms with van der Waals surface area (Å²) in [6.45, 7) is 5.68. The van der Waals surface area contributed by atoms with Gasteiger partial charge >= 0.3 is 0 Å². The van der Waals surface area contributed by atoms with E-state index in [2.05, 4.69) is 13.8 Å². The van der Waals surface area contributed by atoms with Crippen molar-refractivity contribution in [3.05, 3.63) is 60.2 Å². The van der Waals surface area contributed by atoms with E-state index >= 15 is 0 Å². The van der Waals surface area contributed by atoms with Crippen LogP contribution >= 0.6 is 0 Å². The molecular formula is C24H30N2O4S. The van der Waals surface area contributed by atoms with Gasteiger partial charge in [0.05, 0.1) is 6.04 Å². The van der Waals surface area contributed by atoms with Crippen molar-refractivity contribution >= 4 is 15.9 Å². The van der Waals surface area contributed by atoms with Crippen LogP contribution in [-0.2, 0) is 10.0 Å². The van der Waals surface area contributed by atoms with Crippen molar-refractivity contribution in [1.29, 1.82) is 0 Å². The molecule has 7 heteroatoms. The molecule has 2 atom stereocenters. The molecule has 0 unspecified atom stereocenters. The SMILES string of the molecule is CC(C)CCN1[C@H]2CCN(C(=O)c3ccccc3)CC[C@@H]2Oc2ccccc2S1(=O)=O. The van der Waals surface area contributed by atoms with Gasteiger partial charge in [0, 0.05) is 31.6 Å². The molecule has 2 aliphatic heterocycles. The smallest absolute Gasteiger partial charge is 0.253 e. The maximum Gasteiger partial charge on any atom is 0.253 e. The summed E-state index contributed by atoms with van der Waals surface area (Å²) in [6.07, 6.45) is 1.62. The van der Waals surface area contributed by atoms with E-state index in [9.17, 15) is 13.2 Å². The second-order valence-corrected chi connectivity index (χ2v) is 10.6. The average Bonchev–Trinajstić information content (AvgIpc) is 3.01. The Labute approximate surface area is 184 Å². The molecule has 1 saturated heterocycles. The molecule has 31 heavy (non-hydrogen) atoms. The van der Waals surface area contributed by atoms with E-state index in [1.54, 1.807) is 28.6 Å². The van der Waals surface area contributed by atoms with Crippen molar-refractivity contribution < 1.29 is 17.9 Å². The van der Waals surface area contributed by atoms with Gasteiger partial charge in [-0.3, -0.25) is 4.79 Å². The van der Waals surface area contributed by atoms with Crippen molar-refractivity contribution in [3.63, 3.8) is 0 Å². The zero-order valence-corrected chi connectivity index (χ0v) is 18.9. The first-order chi connectivity index (χ1) is 14.9. The van der Waals surface area contributed by atoms with Crippen LogP contribution in [0.1, 0.15) is 43.5 Å². The fourth-order valence-corrected chi connectivity index (χ4v) is 6.21. The van der Waals surface area contributed by atoms with E-state index in [1.165, 1.54) is 0 Å². The Morgan fingerprint density at radius 1 is 1.03 bits per heavy atom. The molecular weight excluding hydrogens is 412 g/mol. The van der Waals surface area contributed by atoms with E-state index < -0.39 is 10.0 Å². The monoisotopic (exact) mass is 442 g/mol. The Hall–Kier alpha value is -2.38. The van der Waals surface area contributed by atoms with Crippen LogP contribution in [0.15, 0.2) is 59.5 Å². The highest BCUT2D eigenvalue weighted by Gasteiger charge is 2.43. The molecule has 1 amide bonds. The van der Waals surface area contributed by atoms with Crippen LogP contribution in [-0.4, -0.2) is 55.3 Å². The minimum Gasteiger partial charge on any atom is -0.487 e. The number of rotatable bonds is 4. The molecule has 0 aliphatic carbocycles. The zero-order chi connectivity index (χ0) is 22.0. The van der Waals surface area contributed by atoms with Gasteiger partial charge < -0.3 is 9.64 Å². The Morgan fingerprint density at radius 2 is 1.71 bits per heavy atom. The van der Waals surface area contributed by atoms with Crippen molar-refractivity contribution in [3.8, 4) is 5.75 Å². The number of amides is 1. The summed E-state index contributed by atoms with van der Waals surface area (Å²) in [7, 11) is -3.69. The third-order valence-electron chi connectivity index (χ3n) is 6.13. The maximum atomic E-state index is 13.6. The van der Waals surface area contributed by atoms with E-state index in [1.807, 2.05) is 35.2 Å². The van der Waals surface area contributed by atoms with Gasteiger partial charge in [0.1, 0.15) is 16.7 Å². The summed E-state index contributed by atoms with van der Waals surface area (Å²) >= 11 is 0. The number of carbonyl (C=O) groups excluding carboxylic acids is 1. The van der Waals surface area contributed by atoms with Crippen LogP contribution in [0, 0.1) is 5.92 Å². The quantitative estimate of drug-likeness (QED) is 0.723. The van der Waals surface area contributed by atoms with Crippen LogP contribution in [0.3, 0.4) is 0 Å². The van der Waals surface area contributed by atoms with Crippen molar-refractivity contribution in [2.45, 2.75) is 50.2 Å². The zero-order valence-electron chi connectivity index (χ0n) is 18.1. The fourth-order valence-electron chi connectivity index (χ4n) is 4.39. The van der Waals surface area contributed by atoms with Gasteiger partial charge in [-0.2, -0.15) is 4.31 Å². The topological polar surface area (TPSA) is 66.9 Å². The Morgan fingerprint density at radius 3 is 2.45 bits per heavy atom. The maximum absolute atomic E-state index is 13.6. The van der Waals surface area contributed by atoms with Gasteiger partial charge in [0.15, 0.2) is 0 Å². The van der Waals surface area contributed by atoms with E-state index in [-0.39, 0.29) is 22.9 Å². The first kappa shape index (κ1) is 21.8. The second-order valence-electron chi connectivity index (χ2n) is 8.70. The molecule has 0 N–H and O–H groups in total. The summed E-state index contributed by atoms with van der Waals surface area (Å²) in [6, 6.07) is 15.8. The molecule has 2 aromatic rings. The lowest BCUT2D eigenvalue weighted by atomic mass is 10.0. The highest BCUT2D eigenvalue weighted by atomic mass is 32.2. The normalized spacial score (nSPS) is 23.3. The molecule has 1 fully saturated rings. The van der Waals surface area contributed by atoms with Crippen molar-refractivity contribution in [2.24, 2.45) is 5.92 Å². The Kier molecular flexibility index (Phi) is 6.34. The minimum absolute atomic E-state index is 0.0194.